The summed E-state index contributed by atoms with van der Waals surface area (Å²) in [5.74, 6) is 1.47. The van der Waals surface area contributed by atoms with Gasteiger partial charge in [-0.2, -0.15) is 0 Å². The molecule has 33 heavy (non-hydrogen) atoms. The molecule has 0 fully saturated rings. The Hall–Kier alpha value is -2.35. The summed E-state index contributed by atoms with van der Waals surface area (Å²) in [6, 6.07) is 13.3. The molecule has 6 nitrogen and oxygen atoms in total. The second-order valence-corrected chi connectivity index (χ2v) is 8.91. The highest BCUT2D eigenvalue weighted by molar-refractivity contribution is 7.22. The number of unbranched alkanes of at least 4 members (excludes halogenated alkanes) is 2. The van der Waals surface area contributed by atoms with E-state index in [2.05, 4.69) is 11.8 Å². The van der Waals surface area contributed by atoms with Gasteiger partial charge < -0.3 is 14.4 Å². The van der Waals surface area contributed by atoms with Crippen LogP contribution in [-0.2, 0) is 0 Å². The minimum atomic E-state index is -0.0741. The molecule has 0 atom stereocenters. The van der Waals surface area contributed by atoms with Crippen molar-refractivity contribution in [1.82, 2.24) is 9.88 Å². The predicted molar refractivity (Wildman–Crippen MR) is 140 cm³/mol. The molecule has 0 spiro atoms. The number of amides is 1. The highest BCUT2D eigenvalue weighted by Gasteiger charge is 2.22. The van der Waals surface area contributed by atoms with Crippen LogP contribution in [0.2, 0.25) is 0 Å². The smallest absolute Gasteiger partial charge is 0.260 e. The number of nitrogens with zero attached hydrogens (tertiary/aromatic N) is 3. The summed E-state index contributed by atoms with van der Waals surface area (Å²) in [7, 11) is 4.00. The maximum Gasteiger partial charge on any atom is 0.260 e. The SMILES string of the molecule is CCCCCOc1cccc(C(=O)N(CCN(C)C)c2nc3ccc(OCC)cc3s2)c1.Cl. The molecule has 1 aromatic heterocycles. The summed E-state index contributed by atoms with van der Waals surface area (Å²) >= 11 is 1.51. The van der Waals surface area contributed by atoms with Gasteiger partial charge in [-0.15, -0.1) is 12.4 Å². The Balaban J connectivity index is 0.00000385. The van der Waals surface area contributed by atoms with Crippen LogP contribution in [-0.4, -0.2) is 56.2 Å². The maximum absolute atomic E-state index is 13.5. The van der Waals surface area contributed by atoms with Crippen LogP contribution in [0.15, 0.2) is 42.5 Å². The van der Waals surface area contributed by atoms with E-state index in [0.29, 0.717) is 30.5 Å². The van der Waals surface area contributed by atoms with Crippen molar-refractivity contribution in [2.24, 2.45) is 0 Å². The standard InChI is InChI=1S/C25H33N3O3S.ClH/c1-5-7-8-16-31-20-11-9-10-19(17-20)24(29)28(15-14-27(3)4)25-26-22-13-12-21(30-6-2)18-23(22)32-25;/h9-13,17-18H,5-8,14-16H2,1-4H3;1H. The van der Waals surface area contributed by atoms with E-state index in [4.69, 9.17) is 14.5 Å². The molecule has 0 saturated heterocycles. The van der Waals surface area contributed by atoms with E-state index in [0.717, 1.165) is 47.5 Å². The molecular formula is C25H34ClN3O3S. The third kappa shape index (κ3) is 7.59. The second kappa shape index (κ2) is 13.4. The van der Waals surface area contributed by atoms with Crippen LogP contribution in [0.1, 0.15) is 43.5 Å². The van der Waals surface area contributed by atoms with Crippen LogP contribution in [0.4, 0.5) is 5.13 Å². The van der Waals surface area contributed by atoms with Crippen molar-refractivity contribution in [3.05, 3.63) is 48.0 Å². The summed E-state index contributed by atoms with van der Waals surface area (Å²) in [6.07, 6.45) is 3.30. The molecule has 2 aromatic carbocycles. The number of benzene rings is 2. The van der Waals surface area contributed by atoms with Crippen molar-refractivity contribution in [3.8, 4) is 11.5 Å². The van der Waals surface area contributed by atoms with Crippen molar-refractivity contribution in [1.29, 1.82) is 0 Å². The molecule has 0 aliphatic heterocycles. The fourth-order valence-electron chi connectivity index (χ4n) is 3.27. The monoisotopic (exact) mass is 491 g/mol. The number of fused-ring (bicyclic) bond motifs is 1. The lowest BCUT2D eigenvalue weighted by Crippen LogP contribution is -2.36. The number of anilines is 1. The summed E-state index contributed by atoms with van der Waals surface area (Å²) in [5.41, 5.74) is 1.47. The average Bonchev–Trinajstić information content (AvgIpc) is 3.20. The van der Waals surface area contributed by atoms with Crippen molar-refractivity contribution in [2.45, 2.75) is 33.1 Å². The van der Waals surface area contributed by atoms with Gasteiger partial charge in [-0.05, 0) is 63.8 Å². The summed E-state index contributed by atoms with van der Waals surface area (Å²) < 4.78 is 12.5. The molecule has 0 radical (unpaired) electrons. The number of carbonyl (C=O) groups excluding carboxylic acids is 1. The van der Waals surface area contributed by atoms with Crippen molar-refractivity contribution < 1.29 is 14.3 Å². The molecule has 0 N–H and O–H groups in total. The van der Waals surface area contributed by atoms with E-state index in [9.17, 15) is 4.79 Å². The largest absolute Gasteiger partial charge is 0.494 e. The Kier molecular flexibility index (Phi) is 10.9. The molecule has 1 heterocycles. The number of aromatic nitrogens is 1. The van der Waals surface area contributed by atoms with Gasteiger partial charge in [0.05, 0.1) is 23.4 Å². The molecule has 3 aromatic rings. The first-order valence-electron chi connectivity index (χ1n) is 11.2. The Morgan fingerprint density at radius 2 is 1.79 bits per heavy atom. The summed E-state index contributed by atoms with van der Waals surface area (Å²) in [4.78, 5) is 22.1. The maximum atomic E-state index is 13.5. The quantitative estimate of drug-likeness (QED) is 0.295. The molecule has 0 aliphatic rings. The van der Waals surface area contributed by atoms with E-state index in [1.807, 2.05) is 63.5 Å². The topological polar surface area (TPSA) is 54.9 Å². The van der Waals surface area contributed by atoms with Gasteiger partial charge in [0.1, 0.15) is 11.5 Å². The van der Waals surface area contributed by atoms with Crippen LogP contribution in [0, 0.1) is 0 Å². The molecular weight excluding hydrogens is 458 g/mol. The Labute approximate surface area is 206 Å². The van der Waals surface area contributed by atoms with Crippen molar-refractivity contribution in [3.63, 3.8) is 0 Å². The van der Waals surface area contributed by atoms with Crippen molar-refractivity contribution >= 4 is 45.0 Å². The van der Waals surface area contributed by atoms with E-state index < -0.39 is 0 Å². The van der Waals surface area contributed by atoms with Gasteiger partial charge in [-0.25, -0.2) is 4.98 Å². The van der Waals surface area contributed by atoms with E-state index >= 15 is 0 Å². The van der Waals surface area contributed by atoms with Gasteiger partial charge in [0.15, 0.2) is 5.13 Å². The van der Waals surface area contributed by atoms with Crippen LogP contribution in [0.3, 0.4) is 0 Å². The molecule has 180 valence electrons. The Morgan fingerprint density at radius 3 is 2.52 bits per heavy atom. The minimum Gasteiger partial charge on any atom is -0.494 e. The Morgan fingerprint density at radius 1 is 1.00 bits per heavy atom. The van der Waals surface area contributed by atoms with Gasteiger partial charge in [0, 0.05) is 18.7 Å². The first-order valence-corrected chi connectivity index (χ1v) is 12.1. The van der Waals surface area contributed by atoms with Crippen LogP contribution in [0.5, 0.6) is 11.5 Å². The fraction of sp³-hybridized carbons (Fsp3) is 0.440. The lowest BCUT2D eigenvalue weighted by Gasteiger charge is -2.22. The number of likely N-dealkylation sites (N-methyl/N-ethyl adjacent to an activating group) is 1. The number of ether oxygens (including phenoxy) is 2. The zero-order valence-electron chi connectivity index (χ0n) is 19.9. The summed E-state index contributed by atoms with van der Waals surface area (Å²) in [5, 5.41) is 0.690. The molecule has 0 unspecified atom stereocenters. The molecule has 8 heteroatoms. The number of hydrogen-bond donors (Lipinski definition) is 0. The molecule has 1 amide bonds. The molecule has 3 rings (SSSR count). The first-order chi connectivity index (χ1) is 15.5. The normalized spacial score (nSPS) is 10.8. The van der Waals surface area contributed by atoms with Gasteiger partial charge in [-0.3, -0.25) is 9.69 Å². The van der Waals surface area contributed by atoms with Gasteiger partial charge >= 0.3 is 0 Å². The lowest BCUT2D eigenvalue weighted by atomic mass is 10.2. The van der Waals surface area contributed by atoms with E-state index in [-0.39, 0.29) is 18.3 Å². The minimum absolute atomic E-state index is 0. The molecule has 0 aliphatic carbocycles. The number of thiazole rings is 1. The third-order valence-electron chi connectivity index (χ3n) is 5.00. The average molecular weight is 492 g/mol. The highest BCUT2D eigenvalue weighted by atomic mass is 35.5. The second-order valence-electron chi connectivity index (χ2n) is 7.90. The Bertz CT molecular complexity index is 1030. The predicted octanol–water partition coefficient (Wildman–Crippen LogP) is 5.89. The molecule has 0 saturated carbocycles. The van der Waals surface area contributed by atoms with Gasteiger partial charge in [0.2, 0.25) is 0 Å². The van der Waals surface area contributed by atoms with Gasteiger partial charge in [0.25, 0.3) is 5.91 Å². The zero-order chi connectivity index (χ0) is 22.9. The lowest BCUT2D eigenvalue weighted by molar-refractivity contribution is 0.0984. The molecule has 0 bridgehead atoms. The first kappa shape index (κ1) is 26.9. The third-order valence-corrected chi connectivity index (χ3v) is 6.05. The van der Waals surface area contributed by atoms with Crippen LogP contribution < -0.4 is 14.4 Å². The number of halogens is 1. The van der Waals surface area contributed by atoms with E-state index in [1.54, 1.807) is 4.90 Å². The van der Waals surface area contributed by atoms with Crippen LogP contribution in [0.25, 0.3) is 10.2 Å². The number of carbonyl (C=O) groups is 1. The zero-order valence-corrected chi connectivity index (χ0v) is 21.5. The van der Waals surface area contributed by atoms with Gasteiger partial charge in [-0.1, -0.05) is 37.2 Å². The van der Waals surface area contributed by atoms with Crippen molar-refractivity contribution in [2.75, 3.05) is 45.3 Å². The van der Waals surface area contributed by atoms with E-state index in [1.165, 1.54) is 11.3 Å². The number of rotatable bonds is 12. The fourth-order valence-corrected chi connectivity index (χ4v) is 4.28. The highest BCUT2D eigenvalue weighted by Crippen LogP contribution is 2.32. The van der Waals surface area contributed by atoms with Crippen LogP contribution >= 0.6 is 23.7 Å². The number of hydrogen-bond acceptors (Lipinski definition) is 6. The summed E-state index contributed by atoms with van der Waals surface area (Å²) in [6.45, 7) is 6.69.